The van der Waals surface area contributed by atoms with Crippen molar-refractivity contribution in [2.45, 2.75) is 38.1 Å². The summed E-state index contributed by atoms with van der Waals surface area (Å²) >= 11 is 0. The SMILES string of the molecule is Nc1ccc2[nH]c(C(=O)N3CCC[C@H]3CCN3CCC(C(=O)c4ccc(F)cc4)CC3)cc2c1. The highest BCUT2D eigenvalue weighted by atomic mass is 19.1. The Balaban J connectivity index is 1.14. The Morgan fingerprint density at radius 2 is 1.76 bits per heavy atom. The number of fused-ring (bicyclic) bond motifs is 1. The number of hydrogen-bond donors (Lipinski definition) is 2. The number of amides is 1. The van der Waals surface area contributed by atoms with E-state index in [1.807, 2.05) is 29.2 Å². The van der Waals surface area contributed by atoms with Crippen LogP contribution >= 0.6 is 0 Å². The maximum atomic E-state index is 13.2. The smallest absolute Gasteiger partial charge is 0.270 e. The van der Waals surface area contributed by atoms with E-state index in [9.17, 15) is 14.0 Å². The number of nitrogens with one attached hydrogen (secondary N) is 1. The van der Waals surface area contributed by atoms with E-state index in [0.29, 0.717) is 16.9 Å². The molecule has 0 unspecified atom stereocenters. The third-order valence-electron chi connectivity index (χ3n) is 7.38. The van der Waals surface area contributed by atoms with E-state index in [-0.39, 0.29) is 29.5 Å². The molecule has 2 aliphatic heterocycles. The van der Waals surface area contributed by atoms with E-state index in [2.05, 4.69) is 9.88 Å². The molecule has 1 atom stereocenters. The molecule has 5 rings (SSSR count). The number of ketones is 1. The third kappa shape index (κ3) is 4.71. The van der Waals surface area contributed by atoms with E-state index in [4.69, 9.17) is 5.73 Å². The Morgan fingerprint density at radius 3 is 2.53 bits per heavy atom. The van der Waals surface area contributed by atoms with Crippen LogP contribution in [0.4, 0.5) is 10.1 Å². The van der Waals surface area contributed by atoms with Gasteiger partial charge in [-0.2, -0.15) is 0 Å². The van der Waals surface area contributed by atoms with Crippen LogP contribution in [0.15, 0.2) is 48.5 Å². The summed E-state index contributed by atoms with van der Waals surface area (Å²) in [5.41, 5.74) is 8.70. The van der Waals surface area contributed by atoms with Crippen molar-refractivity contribution in [3.63, 3.8) is 0 Å². The molecule has 2 aliphatic rings. The molecule has 0 bridgehead atoms. The molecule has 2 aromatic carbocycles. The summed E-state index contributed by atoms with van der Waals surface area (Å²) in [6.45, 7) is 3.47. The number of nitrogens with zero attached hydrogens (tertiary/aromatic N) is 2. The van der Waals surface area contributed by atoms with Crippen molar-refractivity contribution >= 4 is 28.3 Å². The maximum absolute atomic E-state index is 13.2. The summed E-state index contributed by atoms with van der Waals surface area (Å²) < 4.78 is 13.1. The van der Waals surface area contributed by atoms with E-state index in [0.717, 1.165) is 69.2 Å². The third-order valence-corrected chi connectivity index (χ3v) is 7.38. The van der Waals surface area contributed by atoms with Crippen LogP contribution in [0.25, 0.3) is 10.9 Å². The first-order valence-electron chi connectivity index (χ1n) is 12.2. The fourth-order valence-electron chi connectivity index (χ4n) is 5.42. The number of aromatic nitrogens is 1. The van der Waals surface area contributed by atoms with Gasteiger partial charge in [-0.05, 0) is 93.7 Å². The number of hydrogen-bond acceptors (Lipinski definition) is 4. The van der Waals surface area contributed by atoms with Crippen LogP contribution in [0, 0.1) is 11.7 Å². The predicted molar refractivity (Wildman–Crippen MR) is 131 cm³/mol. The Bertz CT molecular complexity index is 1180. The van der Waals surface area contributed by atoms with Crippen molar-refractivity contribution in [3.05, 3.63) is 65.6 Å². The molecular weight excluding hydrogens is 431 g/mol. The lowest BCUT2D eigenvalue weighted by Crippen LogP contribution is -2.41. The van der Waals surface area contributed by atoms with Gasteiger partial charge in [0.05, 0.1) is 0 Å². The van der Waals surface area contributed by atoms with Crippen molar-refractivity contribution in [1.82, 2.24) is 14.8 Å². The first kappa shape index (κ1) is 22.6. The Hall–Kier alpha value is -3.19. The normalized spacial score (nSPS) is 19.7. The average molecular weight is 463 g/mol. The highest BCUT2D eigenvalue weighted by Gasteiger charge is 2.31. The van der Waals surface area contributed by atoms with E-state index < -0.39 is 0 Å². The minimum absolute atomic E-state index is 0.00214. The fourth-order valence-corrected chi connectivity index (χ4v) is 5.42. The molecule has 3 N–H and O–H groups in total. The predicted octanol–water partition coefficient (Wildman–Crippen LogP) is 4.48. The molecule has 0 spiro atoms. The molecule has 6 nitrogen and oxygen atoms in total. The van der Waals surface area contributed by atoms with Crippen LogP contribution in [0.1, 0.15) is 53.0 Å². The molecule has 3 aromatic rings. The van der Waals surface area contributed by atoms with Gasteiger partial charge < -0.3 is 20.5 Å². The lowest BCUT2D eigenvalue weighted by molar-refractivity contribution is 0.0700. The topological polar surface area (TPSA) is 82.4 Å². The van der Waals surface area contributed by atoms with E-state index >= 15 is 0 Å². The molecule has 0 radical (unpaired) electrons. The van der Waals surface area contributed by atoms with Crippen LogP contribution in [-0.4, -0.2) is 58.7 Å². The lowest BCUT2D eigenvalue weighted by Gasteiger charge is -2.33. The fraction of sp³-hybridized carbons (Fsp3) is 0.407. The molecule has 7 heteroatoms. The van der Waals surface area contributed by atoms with Crippen molar-refractivity contribution < 1.29 is 14.0 Å². The Labute approximate surface area is 198 Å². The van der Waals surface area contributed by atoms with E-state index in [1.54, 1.807) is 12.1 Å². The van der Waals surface area contributed by atoms with Gasteiger partial charge in [0, 0.05) is 47.2 Å². The molecule has 178 valence electrons. The number of nitrogen functional groups attached to an aromatic ring is 1. The van der Waals surface area contributed by atoms with Crippen LogP contribution < -0.4 is 5.73 Å². The highest BCUT2D eigenvalue weighted by Crippen LogP contribution is 2.27. The monoisotopic (exact) mass is 462 g/mol. The number of carbonyl (C=O) groups is 2. The van der Waals surface area contributed by atoms with Crippen molar-refractivity contribution in [2.24, 2.45) is 5.92 Å². The van der Waals surface area contributed by atoms with Gasteiger partial charge in [-0.3, -0.25) is 9.59 Å². The van der Waals surface area contributed by atoms with Gasteiger partial charge in [0.1, 0.15) is 11.5 Å². The standard InChI is InChI=1S/C27H31FN4O2/c28-21-5-3-18(4-6-21)26(33)19-9-13-31(14-10-19)15-11-23-2-1-12-32(23)27(34)25-17-20-16-22(29)7-8-24(20)30-25/h3-8,16-17,19,23,30H,1-2,9-15,29H2/t23-/m0/s1. The van der Waals surface area contributed by atoms with Gasteiger partial charge in [0.25, 0.3) is 5.91 Å². The molecule has 0 aliphatic carbocycles. The Kier molecular flexibility index (Phi) is 6.37. The number of rotatable bonds is 6. The summed E-state index contributed by atoms with van der Waals surface area (Å²) in [6.07, 6.45) is 4.63. The number of halogens is 1. The second kappa shape index (κ2) is 9.58. The maximum Gasteiger partial charge on any atom is 0.270 e. The van der Waals surface area contributed by atoms with Crippen LogP contribution in [0.5, 0.6) is 0 Å². The summed E-state index contributed by atoms with van der Waals surface area (Å²) in [5, 5.41) is 0.956. The van der Waals surface area contributed by atoms with Gasteiger partial charge >= 0.3 is 0 Å². The number of benzene rings is 2. The van der Waals surface area contributed by atoms with Crippen LogP contribution in [0.2, 0.25) is 0 Å². The van der Waals surface area contributed by atoms with E-state index in [1.165, 1.54) is 12.1 Å². The van der Waals surface area contributed by atoms with Crippen LogP contribution in [-0.2, 0) is 0 Å². The van der Waals surface area contributed by atoms with Gasteiger partial charge in [0.2, 0.25) is 0 Å². The highest BCUT2D eigenvalue weighted by molar-refractivity contribution is 5.99. The number of anilines is 1. The number of likely N-dealkylation sites (tertiary alicyclic amines) is 2. The minimum Gasteiger partial charge on any atom is -0.399 e. The lowest BCUT2D eigenvalue weighted by atomic mass is 9.88. The number of aromatic amines is 1. The summed E-state index contributed by atoms with van der Waals surface area (Å²) in [4.78, 5) is 33.6. The molecule has 1 aromatic heterocycles. The van der Waals surface area contributed by atoms with Gasteiger partial charge in [-0.15, -0.1) is 0 Å². The molecule has 0 saturated carbocycles. The van der Waals surface area contributed by atoms with Crippen molar-refractivity contribution in [3.8, 4) is 0 Å². The van der Waals surface area contributed by atoms with Crippen molar-refractivity contribution in [2.75, 3.05) is 31.9 Å². The second-order valence-electron chi connectivity index (χ2n) is 9.60. The van der Waals surface area contributed by atoms with Crippen molar-refractivity contribution in [1.29, 1.82) is 0 Å². The number of H-pyrrole nitrogens is 1. The number of piperidine rings is 1. The number of carbonyl (C=O) groups excluding carboxylic acids is 2. The summed E-state index contributed by atoms with van der Waals surface area (Å²) in [5.74, 6) is -0.143. The summed E-state index contributed by atoms with van der Waals surface area (Å²) in [7, 11) is 0. The molecule has 2 saturated heterocycles. The average Bonchev–Trinajstić information content (AvgIpc) is 3.49. The first-order valence-corrected chi connectivity index (χ1v) is 12.2. The summed E-state index contributed by atoms with van der Waals surface area (Å²) in [6, 6.07) is 13.6. The minimum atomic E-state index is -0.319. The first-order chi connectivity index (χ1) is 16.5. The second-order valence-corrected chi connectivity index (χ2v) is 9.60. The quantitative estimate of drug-likeness (QED) is 0.418. The molecule has 2 fully saturated rings. The molecule has 34 heavy (non-hydrogen) atoms. The number of nitrogens with two attached hydrogens (primary N) is 1. The van der Waals surface area contributed by atoms with Gasteiger partial charge in [-0.1, -0.05) is 0 Å². The van der Waals surface area contributed by atoms with Gasteiger partial charge in [-0.25, -0.2) is 4.39 Å². The zero-order valence-corrected chi connectivity index (χ0v) is 19.3. The largest absolute Gasteiger partial charge is 0.399 e. The molecule has 1 amide bonds. The molecule has 3 heterocycles. The number of Topliss-reactive ketones (excluding diaryl/α,β-unsaturated/α-hetero) is 1. The zero-order valence-electron chi connectivity index (χ0n) is 19.3. The Morgan fingerprint density at radius 1 is 1.00 bits per heavy atom. The van der Waals surface area contributed by atoms with Gasteiger partial charge in [0.15, 0.2) is 5.78 Å². The van der Waals surface area contributed by atoms with Crippen LogP contribution in [0.3, 0.4) is 0 Å². The zero-order chi connectivity index (χ0) is 23.7. The molecular formula is C27H31FN4O2.